The Bertz CT molecular complexity index is 360. The van der Waals surface area contributed by atoms with Gasteiger partial charge in [-0.1, -0.05) is 0 Å². The summed E-state index contributed by atoms with van der Waals surface area (Å²) in [5.41, 5.74) is 0.550. The third-order valence-electron chi connectivity index (χ3n) is 1.40. The summed E-state index contributed by atoms with van der Waals surface area (Å²) < 4.78 is 35.6. The zero-order valence-corrected chi connectivity index (χ0v) is 7.21. The van der Waals surface area contributed by atoms with Gasteiger partial charge in [0.05, 0.1) is 5.69 Å². The maximum absolute atomic E-state index is 11.9. The number of nitrogens with zero attached hydrogens (tertiary/aromatic N) is 2. The molecule has 0 saturated heterocycles. The molecule has 0 aliphatic carbocycles. The van der Waals surface area contributed by atoms with Crippen LogP contribution in [0.3, 0.4) is 0 Å². The predicted molar refractivity (Wildman–Crippen MR) is 43.4 cm³/mol. The first-order valence-corrected chi connectivity index (χ1v) is 3.66. The van der Waals surface area contributed by atoms with Crippen LogP contribution >= 0.6 is 0 Å². The van der Waals surface area contributed by atoms with Gasteiger partial charge in [0.15, 0.2) is 5.76 Å². The standard InChI is InChI=1S/C8H7F3N2O/c1-5-2-6(13-4-12-5)3-7(14)8(9,10)11/h2-4,14H,1H3/b7-3-. The molecule has 1 N–H and O–H groups in total. The highest BCUT2D eigenvalue weighted by Gasteiger charge is 2.33. The van der Waals surface area contributed by atoms with E-state index in [1.807, 2.05) is 0 Å². The van der Waals surface area contributed by atoms with E-state index in [-0.39, 0.29) is 5.69 Å². The molecular formula is C8H7F3N2O. The fraction of sp³-hybridized carbons (Fsp3) is 0.250. The third kappa shape index (κ3) is 2.72. The maximum Gasteiger partial charge on any atom is 0.448 e. The summed E-state index contributed by atoms with van der Waals surface area (Å²) in [6.45, 7) is 1.61. The Morgan fingerprint density at radius 3 is 2.57 bits per heavy atom. The highest BCUT2D eigenvalue weighted by Crippen LogP contribution is 2.24. The molecule has 6 heteroatoms. The molecule has 76 valence electrons. The van der Waals surface area contributed by atoms with Gasteiger partial charge in [0.25, 0.3) is 0 Å². The largest absolute Gasteiger partial charge is 0.504 e. The summed E-state index contributed by atoms with van der Waals surface area (Å²) in [5.74, 6) is -1.67. The van der Waals surface area contributed by atoms with E-state index in [1.165, 1.54) is 6.07 Å². The first-order chi connectivity index (χ1) is 6.39. The average molecular weight is 204 g/mol. The molecule has 3 nitrogen and oxygen atoms in total. The lowest BCUT2D eigenvalue weighted by atomic mass is 10.3. The van der Waals surface area contributed by atoms with E-state index < -0.39 is 11.9 Å². The van der Waals surface area contributed by atoms with Crippen LogP contribution in [0.2, 0.25) is 0 Å². The van der Waals surface area contributed by atoms with Crippen molar-refractivity contribution in [3.05, 3.63) is 29.5 Å². The molecule has 0 aliphatic rings. The minimum absolute atomic E-state index is 0.0207. The zero-order valence-electron chi connectivity index (χ0n) is 7.21. The van der Waals surface area contributed by atoms with E-state index in [0.29, 0.717) is 11.8 Å². The predicted octanol–water partition coefficient (Wildman–Crippen LogP) is 2.25. The van der Waals surface area contributed by atoms with Gasteiger partial charge in [-0.2, -0.15) is 13.2 Å². The Hall–Kier alpha value is -1.59. The van der Waals surface area contributed by atoms with E-state index in [4.69, 9.17) is 5.11 Å². The van der Waals surface area contributed by atoms with Crippen molar-refractivity contribution in [2.24, 2.45) is 0 Å². The lowest BCUT2D eigenvalue weighted by Crippen LogP contribution is -2.10. The number of allylic oxidation sites excluding steroid dienone is 1. The Kier molecular flexibility index (Phi) is 2.73. The third-order valence-corrected chi connectivity index (χ3v) is 1.40. The molecule has 0 bridgehead atoms. The fourth-order valence-corrected chi connectivity index (χ4v) is 0.776. The molecule has 1 heterocycles. The van der Waals surface area contributed by atoms with Crippen molar-refractivity contribution in [3.8, 4) is 0 Å². The van der Waals surface area contributed by atoms with Crippen molar-refractivity contribution < 1.29 is 18.3 Å². The van der Waals surface area contributed by atoms with Gasteiger partial charge in [-0.05, 0) is 13.0 Å². The molecule has 0 fully saturated rings. The Morgan fingerprint density at radius 2 is 2.07 bits per heavy atom. The SMILES string of the molecule is Cc1cc(/C=C(\O)C(F)(F)F)ncn1. The first-order valence-electron chi connectivity index (χ1n) is 3.66. The highest BCUT2D eigenvalue weighted by molar-refractivity contribution is 5.47. The molecule has 0 spiro atoms. The van der Waals surface area contributed by atoms with Crippen LogP contribution in [0, 0.1) is 6.92 Å². The quantitative estimate of drug-likeness (QED) is 0.713. The van der Waals surface area contributed by atoms with Crippen molar-refractivity contribution in [1.82, 2.24) is 9.97 Å². The number of hydrogen-bond donors (Lipinski definition) is 1. The van der Waals surface area contributed by atoms with E-state index >= 15 is 0 Å². The van der Waals surface area contributed by atoms with Crippen LogP contribution in [0.5, 0.6) is 0 Å². The maximum atomic E-state index is 11.9. The first kappa shape index (κ1) is 10.5. The highest BCUT2D eigenvalue weighted by atomic mass is 19.4. The zero-order chi connectivity index (χ0) is 10.8. The van der Waals surface area contributed by atoms with Gasteiger partial charge in [0, 0.05) is 11.8 Å². The number of alkyl halides is 3. The number of hydrogen-bond acceptors (Lipinski definition) is 3. The summed E-state index contributed by atoms with van der Waals surface area (Å²) in [5, 5.41) is 8.61. The van der Waals surface area contributed by atoms with Gasteiger partial charge in [0.2, 0.25) is 0 Å². The van der Waals surface area contributed by atoms with Crippen LogP contribution in [-0.2, 0) is 0 Å². The minimum atomic E-state index is -4.74. The number of rotatable bonds is 1. The molecule has 0 aromatic carbocycles. The topological polar surface area (TPSA) is 46.0 Å². The van der Waals surface area contributed by atoms with Crippen molar-refractivity contribution in [3.63, 3.8) is 0 Å². The van der Waals surface area contributed by atoms with Gasteiger partial charge < -0.3 is 5.11 Å². The lowest BCUT2D eigenvalue weighted by Gasteiger charge is -2.03. The Balaban J connectivity index is 2.98. The van der Waals surface area contributed by atoms with Crippen LogP contribution < -0.4 is 0 Å². The molecule has 1 aromatic rings. The van der Waals surface area contributed by atoms with E-state index in [1.54, 1.807) is 6.92 Å². The number of aliphatic hydroxyl groups is 1. The number of aliphatic hydroxyl groups excluding tert-OH is 1. The van der Waals surface area contributed by atoms with E-state index in [9.17, 15) is 13.2 Å². The van der Waals surface area contributed by atoms with Gasteiger partial charge in [0.1, 0.15) is 6.33 Å². The normalized spacial score (nSPS) is 13.0. The number of halogens is 3. The Morgan fingerprint density at radius 1 is 1.43 bits per heavy atom. The van der Waals surface area contributed by atoms with Crippen LogP contribution in [0.25, 0.3) is 6.08 Å². The summed E-state index contributed by atoms with van der Waals surface area (Å²) in [4.78, 5) is 7.25. The molecule has 0 atom stereocenters. The van der Waals surface area contributed by atoms with Crippen LogP contribution in [0.4, 0.5) is 13.2 Å². The summed E-state index contributed by atoms with van der Waals surface area (Å²) in [6, 6.07) is 1.34. The molecule has 0 aliphatic heterocycles. The molecule has 14 heavy (non-hydrogen) atoms. The second-order valence-electron chi connectivity index (χ2n) is 2.61. The molecule has 1 rings (SSSR count). The van der Waals surface area contributed by atoms with Gasteiger partial charge >= 0.3 is 6.18 Å². The van der Waals surface area contributed by atoms with Gasteiger partial charge in [-0.15, -0.1) is 0 Å². The smallest absolute Gasteiger partial charge is 0.448 e. The summed E-state index contributed by atoms with van der Waals surface area (Å²) >= 11 is 0. The number of aryl methyl sites for hydroxylation is 1. The summed E-state index contributed by atoms with van der Waals surface area (Å²) in [6.07, 6.45) is -3.06. The molecular weight excluding hydrogens is 197 g/mol. The van der Waals surface area contributed by atoms with Gasteiger partial charge in [-0.3, -0.25) is 0 Å². The van der Waals surface area contributed by atoms with Crippen LogP contribution in [-0.4, -0.2) is 21.3 Å². The summed E-state index contributed by atoms with van der Waals surface area (Å²) in [7, 11) is 0. The lowest BCUT2D eigenvalue weighted by molar-refractivity contribution is -0.119. The van der Waals surface area contributed by atoms with Crippen molar-refractivity contribution >= 4 is 6.08 Å². The molecule has 0 unspecified atom stereocenters. The van der Waals surface area contributed by atoms with Crippen molar-refractivity contribution in [1.29, 1.82) is 0 Å². The monoisotopic (exact) mass is 204 g/mol. The Labute approximate surface area is 77.9 Å². The van der Waals surface area contributed by atoms with E-state index in [0.717, 1.165) is 6.33 Å². The average Bonchev–Trinajstić information content (AvgIpc) is 2.02. The number of aromatic nitrogens is 2. The second-order valence-corrected chi connectivity index (χ2v) is 2.61. The second kappa shape index (κ2) is 3.65. The van der Waals surface area contributed by atoms with Crippen molar-refractivity contribution in [2.45, 2.75) is 13.1 Å². The van der Waals surface area contributed by atoms with Crippen LogP contribution in [0.1, 0.15) is 11.4 Å². The van der Waals surface area contributed by atoms with Crippen molar-refractivity contribution in [2.75, 3.05) is 0 Å². The van der Waals surface area contributed by atoms with Crippen LogP contribution in [0.15, 0.2) is 18.2 Å². The molecule has 0 radical (unpaired) electrons. The molecule has 0 saturated carbocycles. The molecule has 1 aromatic heterocycles. The molecule has 0 amide bonds. The minimum Gasteiger partial charge on any atom is -0.504 e. The van der Waals surface area contributed by atoms with Gasteiger partial charge in [-0.25, -0.2) is 9.97 Å². The fourth-order valence-electron chi connectivity index (χ4n) is 0.776. The van der Waals surface area contributed by atoms with E-state index in [2.05, 4.69) is 9.97 Å².